The average Bonchev–Trinajstić information content (AvgIpc) is 2.32. The standard InChI is InChI=1S/C11H11FN4O2/c1-18-6-8-4-10(17)16-11(14-8)15-9-3-2-7(12)5-13-9/h2-5H,6H2,1H3,(H2,13,14,15,16,17). The largest absolute Gasteiger partial charge is 0.378 e. The van der Waals surface area contributed by atoms with Crippen LogP contribution in [0.3, 0.4) is 0 Å². The highest BCUT2D eigenvalue weighted by Gasteiger charge is 2.02. The summed E-state index contributed by atoms with van der Waals surface area (Å²) < 4.78 is 17.6. The number of aromatic amines is 1. The van der Waals surface area contributed by atoms with Crippen LogP contribution in [0.5, 0.6) is 0 Å². The minimum atomic E-state index is -0.435. The lowest BCUT2D eigenvalue weighted by Crippen LogP contribution is -2.12. The van der Waals surface area contributed by atoms with Gasteiger partial charge in [0.1, 0.15) is 11.6 Å². The van der Waals surface area contributed by atoms with Gasteiger partial charge >= 0.3 is 0 Å². The molecule has 0 aliphatic carbocycles. The van der Waals surface area contributed by atoms with Gasteiger partial charge < -0.3 is 10.1 Å². The highest BCUT2D eigenvalue weighted by atomic mass is 19.1. The van der Waals surface area contributed by atoms with Gasteiger partial charge in [0.15, 0.2) is 0 Å². The third-order valence-electron chi connectivity index (χ3n) is 2.06. The molecule has 2 N–H and O–H groups in total. The first-order valence-corrected chi connectivity index (χ1v) is 5.15. The van der Waals surface area contributed by atoms with Gasteiger partial charge in [-0.25, -0.2) is 14.4 Å². The van der Waals surface area contributed by atoms with E-state index in [-0.39, 0.29) is 18.1 Å². The molecular weight excluding hydrogens is 239 g/mol. The number of methoxy groups -OCH3 is 1. The van der Waals surface area contributed by atoms with Crippen molar-refractivity contribution in [3.8, 4) is 0 Å². The van der Waals surface area contributed by atoms with Crippen LogP contribution < -0.4 is 10.9 Å². The molecule has 0 unspecified atom stereocenters. The van der Waals surface area contributed by atoms with E-state index in [1.807, 2.05) is 0 Å². The molecule has 18 heavy (non-hydrogen) atoms. The molecule has 2 aromatic rings. The Morgan fingerprint density at radius 3 is 3.00 bits per heavy atom. The number of nitrogens with one attached hydrogen (secondary N) is 2. The van der Waals surface area contributed by atoms with Crippen molar-refractivity contribution in [2.24, 2.45) is 0 Å². The van der Waals surface area contributed by atoms with E-state index in [1.165, 1.54) is 25.3 Å². The van der Waals surface area contributed by atoms with Crippen LogP contribution in [0.25, 0.3) is 0 Å². The Hall–Kier alpha value is -2.28. The van der Waals surface area contributed by atoms with Crippen molar-refractivity contribution in [3.63, 3.8) is 0 Å². The molecule has 94 valence electrons. The van der Waals surface area contributed by atoms with Crippen LogP contribution in [0.2, 0.25) is 0 Å². The zero-order valence-electron chi connectivity index (χ0n) is 9.61. The summed E-state index contributed by atoms with van der Waals surface area (Å²) >= 11 is 0. The Morgan fingerprint density at radius 1 is 1.50 bits per heavy atom. The predicted octanol–water partition coefficient (Wildman–Crippen LogP) is 1.19. The molecule has 0 bridgehead atoms. The topological polar surface area (TPSA) is 79.9 Å². The number of anilines is 2. The molecule has 0 aromatic carbocycles. The normalized spacial score (nSPS) is 10.3. The second-order valence-electron chi connectivity index (χ2n) is 3.51. The van der Waals surface area contributed by atoms with E-state index in [9.17, 15) is 9.18 Å². The van der Waals surface area contributed by atoms with Crippen LogP contribution in [-0.2, 0) is 11.3 Å². The fraction of sp³-hybridized carbons (Fsp3) is 0.182. The van der Waals surface area contributed by atoms with Crippen molar-refractivity contribution in [2.75, 3.05) is 12.4 Å². The van der Waals surface area contributed by atoms with Crippen molar-refractivity contribution in [2.45, 2.75) is 6.61 Å². The second-order valence-corrected chi connectivity index (χ2v) is 3.51. The molecule has 0 atom stereocenters. The van der Waals surface area contributed by atoms with Crippen LogP contribution in [-0.4, -0.2) is 22.1 Å². The Bertz CT molecular complexity index is 582. The zero-order chi connectivity index (χ0) is 13.0. The first-order chi connectivity index (χ1) is 8.67. The van der Waals surface area contributed by atoms with Gasteiger partial charge in [-0.2, -0.15) is 0 Å². The van der Waals surface area contributed by atoms with Gasteiger partial charge in [-0.3, -0.25) is 9.78 Å². The molecule has 2 rings (SSSR count). The maximum atomic E-state index is 12.7. The van der Waals surface area contributed by atoms with Gasteiger partial charge in [-0.05, 0) is 12.1 Å². The Balaban J connectivity index is 2.23. The maximum Gasteiger partial charge on any atom is 0.252 e. The summed E-state index contributed by atoms with van der Waals surface area (Å²) in [5.74, 6) is 0.179. The van der Waals surface area contributed by atoms with Crippen molar-refractivity contribution in [1.29, 1.82) is 0 Å². The lowest BCUT2D eigenvalue weighted by molar-refractivity contribution is 0.181. The summed E-state index contributed by atoms with van der Waals surface area (Å²) in [6.45, 7) is 0.232. The molecule has 2 heterocycles. The van der Waals surface area contributed by atoms with Crippen molar-refractivity contribution < 1.29 is 9.13 Å². The highest BCUT2D eigenvalue weighted by Crippen LogP contribution is 2.09. The van der Waals surface area contributed by atoms with Gasteiger partial charge in [0.25, 0.3) is 5.56 Å². The quantitative estimate of drug-likeness (QED) is 0.852. The average molecular weight is 250 g/mol. The monoisotopic (exact) mass is 250 g/mol. The lowest BCUT2D eigenvalue weighted by atomic mass is 10.4. The molecule has 0 radical (unpaired) electrons. The SMILES string of the molecule is COCc1cc(=O)[nH]c(Nc2ccc(F)cn2)n1. The minimum Gasteiger partial charge on any atom is -0.378 e. The molecule has 2 aromatic heterocycles. The Labute approximate surface area is 102 Å². The van der Waals surface area contributed by atoms with E-state index < -0.39 is 5.82 Å². The van der Waals surface area contributed by atoms with Crippen LogP contribution in [0.4, 0.5) is 16.2 Å². The fourth-order valence-corrected chi connectivity index (χ4v) is 1.36. The second kappa shape index (κ2) is 5.37. The molecule has 0 saturated heterocycles. The third-order valence-corrected chi connectivity index (χ3v) is 2.06. The number of pyridine rings is 1. The summed E-state index contributed by atoms with van der Waals surface area (Å²) in [5, 5.41) is 2.77. The number of ether oxygens (including phenoxy) is 1. The van der Waals surface area contributed by atoms with Crippen molar-refractivity contribution in [1.82, 2.24) is 15.0 Å². The smallest absolute Gasteiger partial charge is 0.252 e. The maximum absolute atomic E-state index is 12.7. The molecule has 7 heteroatoms. The van der Waals surface area contributed by atoms with E-state index in [4.69, 9.17) is 4.74 Å². The van der Waals surface area contributed by atoms with Crippen LogP contribution >= 0.6 is 0 Å². The molecule has 0 aliphatic rings. The van der Waals surface area contributed by atoms with Gasteiger partial charge in [-0.1, -0.05) is 0 Å². The summed E-state index contributed by atoms with van der Waals surface area (Å²) in [4.78, 5) is 21.8. The number of halogens is 1. The van der Waals surface area contributed by atoms with E-state index in [0.29, 0.717) is 11.5 Å². The van der Waals surface area contributed by atoms with Gasteiger partial charge in [0.05, 0.1) is 18.5 Å². The number of hydrogen-bond acceptors (Lipinski definition) is 5. The van der Waals surface area contributed by atoms with E-state index >= 15 is 0 Å². The molecule has 0 aliphatic heterocycles. The van der Waals surface area contributed by atoms with Crippen molar-refractivity contribution >= 4 is 11.8 Å². The first kappa shape index (κ1) is 12.2. The van der Waals surface area contributed by atoms with E-state index in [2.05, 4.69) is 20.3 Å². The third kappa shape index (κ3) is 3.11. The number of aromatic nitrogens is 3. The highest BCUT2D eigenvalue weighted by molar-refractivity contribution is 5.46. The predicted molar refractivity (Wildman–Crippen MR) is 63.0 cm³/mol. The van der Waals surface area contributed by atoms with Crippen LogP contribution in [0.15, 0.2) is 29.2 Å². The van der Waals surface area contributed by atoms with E-state index in [0.717, 1.165) is 6.20 Å². The van der Waals surface area contributed by atoms with Gasteiger partial charge in [-0.15, -0.1) is 0 Å². The van der Waals surface area contributed by atoms with E-state index in [1.54, 1.807) is 0 Å². The fourth-order valence-electron chi connectivity index (χ4n) is 1.36. The van der Waals surface area contributed by atoms with Crippen LogP contribution in [0.1, 0.15) is 5.69 Å². The van der Waals surface area contributed by atoms with Crippen molar-refractivity contribution in [3.05, 3.63) is 46.3 Å². The Kier molecular flexibility index (Phi) is 3.63. The molecule has 0 amide bonds. The lowest BCUT2D eigenvalue weighted by Gasteiger charge is -2.05. The number of H-pyrrole nitrogens is 1. The molecule has 6 nitrogen and oxygen atoms in total. The molecule has 0 saturated carbocycles. The summed E-state index contributed by atoms with van der Waals surface area (Å²) in [7, 11) is 1.51. The van der Waals surface area contributed by atoms with Gasteiger partial charge in [0, 0.05) is 13.2 Å². The zero-order valence-corrected chi connectivity index (χ0v) is 9.61. The number of nitrogens with zero attached hydrogens (tertiary/aromatic N) is 2. The first-order valence-electron chi connectivity index (χ1n) is 5.15. The summed E-state index contributed by atoms with van der Waals surface area (Å²) in [5.41, 5.74) is 0.188. The molecule has 0 fully saturated rings. The number of hydrogen-bond donors (Lipinski definition) is 2. The Morgan fingerprint density at radius 2 is 2.33 bits per heavy atom. The van der Waals surface area contributed by atoms with Crippen LogP contribution in [0, 0.1) is 5.82 Å². The minimum absolute atomic E-state index is 0.230. The number of rotatable bonds is 4. The summed E-state index contributed by atoms with van der Waals surface area (Å²) in [6.07, 6.45) is 1.07. The molecular formula is C11H11FN4O2. The molecule has 0 spiro atoms. The van der Waals surface area contributed by atoms with Gasteiger partial charge in [0.2, 0.25) is 5.95 Å². The summed E-state index contributed by atoms with van der Waals surface area (Å²) in [6, 6.07) is 4.04.